The van der Waals surface area contributed by atoms with Crippen LogP contribution in [0.15, 0.2) is 84.9 Å². The number of anilines is 1. The van der Waals surface area contributed by atoms with Crippen LogP contribution in [0.5, 0.6) is 0 Å². The molecule has 0 aliphatic rings. The lowest BCUT2D eigenvalue weighted by Gasteiger charge is -2.22. The van der Waals surface area contributed by atoms with Crippen molar-refractivity contribution in [3.63, 3.8) is 0 Å². The van der Waals surface area contributed by atoms with Gasteiger partial charge in [-0.1, -0.05) is 60.7 Å². The predicted octanol–water partition coefficient (Wildman–Crippen LogP) is 2.54. The first-order valence-corrected chi connectivity index (χ1v) is 10.7. The van der Waals surface area contributed by atoms with Crippen LogP contribution in [0.25, 0.3) is 11.1 Å². The van der Waals surface area contributed by atoms with Gasteiger partial charge in [-0.25, -0.2) is 0 Å². The van der Waals surface area contributed by atoms with Crippen molar-refractivity contribution >= 4 is 29.4 Å². The normalized spacial score (nSPS) is 10.2. The van der Waals surface area contributed by atoms with E-state index in [1.165, 1.54) is 4.90 Å². The van der Waals surface area contributed by atoms with Gasteiger partial charge < -0.3 is 20.7 Å². The molecule has 0 heterocycles. The number of amides is 3. The van der Waals surface area contributed by atoms with Crippen molar-refractivity contribution in [2.45, 2.75) is 6.42 Å². The van der Waals surface area contributed by atoms with E-state index in [1.54, 1.807) is 42.5 Å². The predicted molar refractivity (Wildman–Crippen MR) is 128 cm³/mol. The number of hydrogen-bond acceptors (Lipinski definition) is 5. The molecule has 3 amide bonds. The Hall–Kier alpha value is -4.46. The molecule has 3 rings (SSSR count). The lowest BCUT2D eigenvalue weighted by Crippen LogP contribution is -2.38. The average molecular weight is 460 g/mol. The van der Waals surface area contributed by atoms with Crippen LogP contribution in [-0.4, -0.2) is 43.4 Å². The Morgan fingerprint density at radius 2 is 1.38 bits per heavy atom. The molecule has 34 heavy (non-hydrogen) atoms. The molecular weight excluding hydrogens is 434 g/mol. The molecule has 3 aromatic rings. The Kier molecular flexibility index (Phi) is 8.51. The van der Waals surface area contributed by atoms with Crippen LogP contribution < -0.4 is 16.0 Å². The molecule has 0 aromatic heterocycles. The van der Waals surface area contributed by atoms with E-state index in [0.29, 0.717) is 11.3 Å². The lowest BCUT2D eigenvalue weighted by molar-refractivity contribution is -0.146. The fourth-order valence-corrected chi connectivity index (χ4v) is 3.20. The lowest BCUT2D eigenvalue weighted by atomic mass is 10.0. The molecule has 0 saturated heterocycles. The standard InChI is InChI=1S/C26H25N3O5/c27-23(30)15-16-29(22-9-5-2-6-10-22)24(31)18-34-25(32)17-28-26(33)21-13-11-20(12-14-21)19-7-3-1-4-8-19/h1-14H,15-18H2,(H2,27,30)(H,28,33). The molecule has 3 aromatic carbocycles. The Morgan fingerprint density at radius 3 is 2.00 bits per heavy atom. The number of primary amides is 1. The zero-order chi connectivity index (χ0) is 24.3. The number of rotatable bonds is 10. The van der Waals surface area contributed by atoms with Gasteiger partial charge in [-0.2, -0.15) is 0 Å². The summed E-state index contributed by atoms with van der Waals surface area (Å²) < 4.78 is 5.02. The van der Waals surface area contributed by atoms with Gasteiger partial charge >= 0.3 is 5.97 Å². The molecule has 0 aliphatic heterocycles. The summed E-state index contributed by atoms with van der Waals surface area (Å²) in [5, 5.41) is 2.48. The maximum atomic E-state index is 12.6. The van der Waals surface area contributed by atoms with Gasteiger partial charge in [-0.05, 0) is 35.4 Å². The summed E-state index contributed by atoms with van der Waals surface area (Å²) in [6.45, 7) is -0.862. The van der Waals surface area contributed by atoms with Gasteiger partial charge in [-0.3, -0.25) is 19.2 Å². The number of hydrogen-bond donors (Lipinski definition) is 2. The summed E-state index contributed by atoms with van der Waals surface area (Å²) in [6.07, 6.45) is -0.0340. The van der Waals surface area contributed by atoms with Crippen molar-refractivity contribution in [2.24, 2.45) is 5.73 Å². The van der Waals surface area contributed by atoms with Gasteiger partial charge in [-0.15, -0.1) is 0 Å². The maximum Gasteiger partial charge on any atom is 0.325 e. The molecule has 0 fully saturated rings. The van der Waals surface area contributed by atoms with E-state index in [-0.39, 0.29) is 19.5 Å². The quantitative estimate of drug-likeness (QED) is 0.452. The van der Waals surface area contributed by atoms with Crippen molar-refractivity contribution in [1.82, 2.24) is 5.32 Å². The Bertz CT molecular complexity index is 1130. The molecule has 0 bridgehead atoms. The van der Waals surface area contributed by atoms with E-state index in [4.69, 9.17) is 10.5 Å². The van der Waals surface area contributed by atoms with Crippen LogP contribution >= 0.6 is 0 Å². The van der Waals surface area contributed by atoms with Crippen molar-refractivity contribution in [3.8, 4) is 11.1 Å². The Labute approximate surface area is 197 Å². The molecule has 0 radical (unpaired) electrons. The highest BCUT2D eigenvalue weighted by Gasteiger charge is 2.18. The summed E-state index contributed by atoms with van der Waals surface area (Å²) in [4.78, 5) is 49.4. The summed E-state index contributed by atoms with van der Waals surface area (Å²) in [7, 11) is 0. The fraction of sp³-hybridized carbons (Fsp3) is 0.154. The fourth-order valence-electron chi connectivity index (χ4n) is 3.20. The first-order chi connectivity index (χ1) is 16.4. The Balaban J connectivity index is 1.49. The minimum Gasteiger partial charge on any atom is -0.454 e. The number of carbonyl (C=O) groups excluding carboxylic acids is 4. The molecule has 0 aliphatic carbocycles. The SMILES string of the molecule is NC(=O)CCN(C(=O)COC(=O)CNC(=O)c1ccc(-c2ccccc2)cc1)c1ccccc1. The van der Waals surface area contributed by atoms with E-state index in [2.05, 4.69) is 5.32 Å². The van der Waals surface area contributed by atoms with Crippen LogP contribution in [-0.2, 0) is 19.1 Å². The highest BCUT2D eigenvalue weighted by molar-refractivity contribution is 5.97. The average Bonchev–Trinajstić information content (AvgIpc) is 2.87. The first kappa shape index (κ1) is 24.2. The molecule has 0 spiro atoms. The zero-order valence-corrected chi connectivity index (χ0v) is 18.5. The highest BCUT2D eigenvalue weighted by atomic mass is 16.5. The van der Waals surface area contributed by atoms with Crippen LogP contribution in [0, 0.1) is 0 Å². The van der Waals surface area contributed by atoms with E-state index >= 15 is 0 Å². The number of nitrogens with two attached hydrogens (primary N) is 1. The number of nitrogens with zero attached hydrogens (tertiary/aromatic N) is 1. The van der Waals surface area contributed by atoms with Gasteiger partial charge in [0.15, 0.2) is 6.61 Å². The van der Waals surface area contributed by atoms with Crippen molar-refractivity contribution < 1.29 is 23.9 Å². The zero-order valence-electron chi connectivity index (χ0n) is 18.5. The molecule has 174 valence electrons. The minimum atomic E-state index is -0.759. The molecule has 3 N–H and O–H groups in total. The molecule has 0 atom stereocenters. The van der Waals surface area contributed by atoms with Crippen molar-refractivity contribution in [1.29, 1.82) is 0 Å². The number of carbonyl (C=O) groups is 4. The summed E-state index contributed by atoms with van der Waals surface area (Å²) >= 11 is 0. The summed E-state index contributed by atoms with van der Waals surface area (Å²) in [6, 6.07) is 25.4. The third-order valence-electron chi connectivity index (χ3n) is 4.95. The highest BCUT2D eigenvalue weighted by Crippen LogP contribution is 2.19. The largest absolute Gasteiger partial charge is 0.454 e. The molecule has 0 saturated carbocycles. The number of ether oxygens (including phenoxy) is 1. The Morgan fingerprint density at radius 1 is 0.794 bits per heavy atom. The number of esters is 1. The van der Waals surface area contributed by atoms with E-state index < -0.39 is 30.3 Å². The molecular formula is C26H25N3O5. The summed E-state index contributed by atoms with van der Waals surface area (Å²) in [5.41, 5.74) is 8.14. The monoisotopic (exact) mass is 459 g/mol. The van der Waals surface area contributed by atoms with Crippen molar-refractivity contribution in [3.05, 3.63) is 90.5 Å². The smallest absolute Gasteiger partial charge is 0.325 e. The molecule has 8 nitrogen and oxygen atoms in total. The van der Waals surface area contributed by atoms with Gasteiger partial charge in [0.1, 0.15) is 6.54 Å². The van der Waals surface area contributed by atoms with Gasteiger partial charge in [0.2, 0.25) is 5.91 Å². The minimum absolute atomic E-state index is 0.0340. The van der Waals surface area contributed by atoms with Gasteiger partial charge in [0.05, 0.1) is 0 Å². The topological polar surface area (TPSA) is 119 Å². The van der Waals surface area contributed by atoms with Crippen LogP contribution in [0.3, 0.4) is 0 Å². The number of para-hydroxylation sites is 1. The molecule has 0 unspecified atom stereocenters. The van der Waals surface area contributed by atoms with E-state index in [9.17, 15) is 19.2 Å². The van der Waals surface area contributed by atoms with E-state index in [1.807, 2.05) is 42.5 Å². The summed E-state index contributed by atoms with van der Waals surface area (Å²) in [5.74, 6) is -2.25. The second-order valence-electron chi connectivity index (χ2n) is 7.38. The van der Waals surface area contributed by atoms with Crippen LogP contribution in [0.4, 0.5) is 5.69 Å². The van der Waals surface area contributed by atoms with Gasteiger partial charge in [0.25, 0.3) is 11.8 Å². The number of benzene rings is 3. The van der Waals surface area contributed by atoms with E-state index in [0.717, 1.165) is 11.1 Å². The third-order valence-corrected chi connectivity index (χ3v) is 4.95. The molecule has 8 heteroatoms. The second-order valence-corrected chi connectivity index (χ2v) is 7.38. The maximum absolute atomic E-state index is 12.6. The number of nitrogens with one attached hydrogen (secondary N) is 1. The third kappa shape index (κ3) is 7.03. The van der Waals surface area contributed by atoms with Crippen LogP contribution in [0.2, 0.25) is 0 Å². The van der Waals surface area contributed by atoms with Crippen LogP contribution in [0.1, 0.15) is 16.8 Å². The van der Waals surface area contributed by atoms with Gasteiger partial charge in [0, 0.05) is 24.2 Å². The second kappa shape index (κ2) is 12.0. The first-order valence-electron chi connectivity index (χ1n) is 10.7. The van der Waals surface area contributed by atoms with Crippen molar-refractivity contribution in [2.75, 3.05) is 24.6 Å².